The van der Waals surface area contributed by atoms with E-state index in [0.29, 0.717) is 29.1 Å². The highest BCUT2D eigenvalue weighted by Crippen LogP contribution is 2.32. The molecule has 0 unspecified atom stereocenters. The number of benzene rings is 1. The number of imidazole rings is 1. The van der Waals surface area contributed by atoms with Gasteiger partial charge < -0.3 is 9.88 Å². The van der Waals surface area contributed by atoms with E-state index in [1.807, 2.05) is 16.5 Å². The molecule has 1 N–H and O–H groups in total. The highest BCUT2D eigenvalue weighted by molar-refractivity contribution is 8.00. The summed E-state index contributed by atoms with van der Waals surface area (Å²) in [7, 11) is 0. The molecular weight excluding hydrogens is 359 g/mol. The Balaban J connectivity index is 1.66. The van der Waals surface area contributed by atoms with Crippen LogP contribution in [0.5, 0.6) is 0 Å². The van der Waals surface area contributed by atoms with E-state index in [-0.39, 0.29) is 17.8 Å². The quantitative estimate of drug-likeness (QED) is 0.694. The zero-order chi connectivity index (χ0) is 17.4. The Morgan fingerprint density at radius 3 is 3.08 bits per heavy atom. The van der Waals surface area contributed by atoms with E-state index >= 15 is 0 Å². The van der Waals surface area contributed by atoms with E-state index < -0.39 is 0 Å². The molecule has 0 aliphatic carbocycles. The number of likely N-dealkylation sites (tertiary alicyclic amines) is 1. The highest BCUT2D eigenvalue weighted by Gasteiger charge is 2.31. The van der Waals surface area contributed by atoms with Gasteiger partial charge in [0.05, 0.1) is 17.1 Å². The predicted octanol–water partition coefficient (Wildman–Crippen LogP) is 4.25. The number of piperidine rings is 1. The number of rotatable bonds is 3. The summed E-state index contributed by atoms with van der Waals surface area (Å²) in [5.41, 5.74) is 1.86. The molecule has 1 aromatic carbocycles. The molecule has 25 heavy (non-hydrogen) atoms. The van der Waals surface area contributed by atoms with Crippen LogP contribution in [0.1, 0.15) is 41.6 Å². The summed E-state index contributed by atoms with van der Waals surface area (Å²) in [6, 6.07) is 4.36. The molecule has 0 saturated carbocycles. The van der Waals surface area contributed by atoms with Crippen LogP contribution in [0.3, 0.4) is 0 Å². The van der Waals surface area contributed by atoms with E-state index in [1.54, 1.807) is 6.07 Å². The average molecular weight is 376 g/mol. The van der Waals surface area contributed by atoms with Gasteiger partial charge in [-0.2, -0.15) is 0 Å². The minimum absolute atomic E-state index is 0.0621. The maximum Gasteiger partial charge on any atom is 0.273 e. The third kappa shape index (κ3) is 3.16. The van der Waals surface area contributed by atoms with Crippen LogP contribution in [-0.2, 0) is 0 Å². The maximum atomic E-state index is 13.4. The largest absolute Gasteiger partial charge is 0.340 e. The molecule has 2 aromatic heterocycles. The lowest BCUT2D eigenvalue weighted by molar-refractivity contribution is 0.0595. The summed E-state index contributed by atoms with van der Waals surface area (Å²) in [4.78, 5) is 27.0. The first-order chi connectivity index (χ1) is 12.2. The molecule has 130 valence electrons. The van der Waals surface area contributed by atoms with Gasteiger partial charge in [0.1, 0.15) is 21.7 Å². The van der Waals surface area contributed by atoms with E-state index in [9.17, 15) is 9.18 Å². The van der Waals surface area contributed by atoms with Crippen molar-refractivity contribution >= 4 is 40.0 Å². The maximum absolute atomic E-state index is 13.4. The van der Waals surface area contributed by atoms with Gasteiger partial charge in [0, 0.05) is 11.9 Å². The number of aromatic nitrogens is 3. The molecule has 3 heterocycles. The number of thiazole rings is 1. The molecule has 0 bridgehead atoms. The van der Waals surface area contributed by atoms with E-state index in [1.165, 1.54) is 35.2 Å². The topological polar surface area (TPSA) is 61.9 Å². The second-order valence-corrected chi connectivity index (χ2v) is 7.91. The van der Waals surface area contributed by atoms with Gasteiger partial charge in [-0.1, -0.05) is 11.8 Å². The lowest BCUT2D eigenvalue weighted by Gasteiger charge is -2.34. The van der Waals surface area contributed by atoms with E-state index in [2.05, 4.69) is 15.0 Å². The first-order valence-electron chi connectivity index (χ1n) is 8.11. The number of carbonyl (C=O) groups is 1. The van der Waals surface area contributed by atoms with Crippen LogP contribution in [-0.4, -0.2) is 38.6 Å². The lowest BCUT2D eigenvalue weighted by atomic mass is 10.0. The molecular formula is C17H17FN4OS2. The molecule has 5 nitrogen and oxygen atoms in total. The van der Waals surface area contributed by atoms with Gasteiger partial charge in [-0.05, 0) is 43.7 Å². The van der Waals surface area contributed by atoms with Gasteiger partial charge in [-0.15, -0.1) is 11.3 Å². The number of hydrogen-bond donors (Lipinski definition) is 1. The molecule has 0 radical (unpaired) electrons. The van der Waals surface area contributed by atoms with Gasteiger partial charge >= 0.3 is 0 Å². The highest BCUT2D eigenvalue weighted by atomic mass is 32.2. The summed E-state index contributed by atoms with van der Waals surface area (Å²) < 4.78 is 14.3. The van der Waals surface area contributed by atoms with Gasteiger partial charge in [-0.3, -0.25) is 4.79 Å². The van der Waals surface area contributed by atoms with Gasteiger partial charge in [0.2, 0.25) is 0 Å². The monoisotopic (exact) mass is 376 g/mol. The SMILES string of the molecule is CSc1nc(C(=O)N2CCCC[C@H]2c2nc3ccc(F)cc3[nH]2)cs1. The Kier molecular flexibility index (Phi) is 4.47. The van der Waals surface area contributed by atoms with Crippen molar-refractivity contribution < 1.29 is 9.18 Å². The standard InChI is InChI=1S/C17H17FN4OS2/c1-24-17-21-13(9-25-17)16(23)22-7-3-2-4-14(22)15-19-11-6-5-10(18)8-12(11)20-15/h5-6,8-9,14H,2-4,7H2,1H3,(H,19,20)/t14-/m0/s1. The zero-order valence-corrected chi connectivity index (χ0v) is 15.3. The summed E-state index contributed by atoms with van der Waals surface area (Å²) in [6.07, 6.45) is 4.79. The molecule has 1 amide bonds. The van der Waals surface area contributed by atoms with Crippen LogP contribution in [0.25, 0.3) is 11.0 Å². The third-order valence-electron chi connectivity index (χ3n) is 4.42. The van der Waals surface area contributed by atoms with Gasteiger partial charge in [0.15, 0.2) is 0 Å². The summed E-state index contributed by atoms with van der Waals surface area (Å²) in [5, 5.41) is 1.81. The molecule has 4 rings (SSSR count). The summed E-state index contributed by atoms with van der Waals surface area (Å²) in [5.74, 6) is 0.355. The molecule has 1 saturated heterocycles. The summed E-state index contributed by atoms with van der Waals surface area (Å²) in [6.45, 7) is 0.682. The number of halogens is 1. The predicted molar refractivity (Wildman–Crippen MR) is 97.6 cm³/mol. The first kappa shape index (κ1) is 16.5. The first-order valence-corrected chi connectivity index (χ1v) is 10.2. The van der Waals surface area contributed by atoms with Crippen molar-refractivity contribution in [1.82, 2.24) is 19.9 Å². The Morgan fingerprint density at radius 1 is 1.40 bits per heavy atom. The minimum atomic E-state index is -0.300. The van der Waals surface area contributed by atoms with Crippen molar-refractivity contribution in [3.63, 3.8) is 0 Å². The van der Waals surface area contributed by atoms with Crippen molar-refractivity contribution in [3.05, 3.63) is 40.9 Å². The third-order valence-corrected chi connectivity index (χ3v) is 6.28. The van der Waals surface area contributed by atoms with Crippen molar-refractivity contribution in [2.45, 2.75) is 29.6 Å². The Morgan fingerprint density at radius 2 is 2.28 bits per heavy atom. The van der Waals surface area contributed by atoms with E-state index in [0.717, 1.165) is 23.6 Å². The molecule has 1 atom stereocenters. The fourth-order valence-corrected chi connectivity index (χ4v) is 4.45. The molecule has 3 aromatic rings. The van der Waals surface area contributed by atoms with Crippen molar-refractivity contribution in [3.8, 4) is 0 Å². The van der Waals surface area contributed by atoms with Crippen molar-refractivity contribution in [2.24, 2.45) is 0 Å². The normalized spacial score (nSPS) is 18.0. The lowest BCUT2D eigenvalue weighted by Crippen LogP contribution is -2.39. The van der Waals surface area contributed by atoms with Crippen LogP contribution in [0.4, 0.5) is 4.39 Å². The van der Waals surface area contributed by atoms with Gasteiger partial charge in [0.25, 0.3) is 5.91 Å². The van der Waals surface area contributed by atoms with Crippen LogP contribution >= 0.6 is 23.1 Å². The van der Waals surface area contributed by atoms with Crippen molar-refractivity contribution in [1.29, 1.82) is 0 Å². The number of nitrogens with one attached hydrogen (secondary N) is 1. The minimum Gasteiger partial charge on any atom is -0.340 e. The Hall–Kier alpha value is -1.93. The molecule has 1 aliphatic heterocycles. The number of fused-ring (bicyclic) bond motifs is 1. The second-order valence-electron chi connectivity index (χ2n) is 6.00. The number of H-pyrrole nitrogens is 1. The molecule has 0 spiro atoms. The fraction of sp³-hybridized carbons (Fsp3) is 0.353. The second kappa shape index (κ2) is 6.76. The van der Waals surface area contributed by atoms with Crippen molar-refractivity contribution in [2.75, 3.05) is 12.8 Å². The smallest absolute Gasteiger partial charge is 0.273 e. The Bertz CT molecular complexity index is 922. The number of aromatic amines is 1. The number of carbonyl (C=O) groups excluding carboxylic acids is 1. The van der Waals surface area contributed by atoms with Gasteiger partial charge in [-0.25, -0.2) is 14.4 Å². The summed E-state index contributed by atoms with van der Waals surface area (Å²) >= 11 is 3.02. The van der Waals surface area contributed by atoms with Crippen LogP contribution in [0.2, 0.25) is 0 Å². The fourth-order valence-electron chi connectivity index (χ4n) is 3.21. The number of hydrogen-bond acceptors (Lipinski definition) is 5. The van der Waals surface area contributed by atoms with E-state index in [4.69, 9.17) is 0 Å². The average Bonchev–Trinajstić information content (AvgIpc) is 3.27. The number of nitrogens with zero attached hydrogens (tertiary/aromatic N) is 3. The number of amides is 1. The Labute approximate surface area is 152 Å². The molecule has 1 aliphatic rings. The van der Waals surface area contributed by atoms with Crippen LogP contribution < -0.4 is 0 Å². The van der Waals surface area contributed by atoms with Crippen LogP contribution in [0, 0.1) is 5.82 Å². The molecule has 1 fully saturated rings. The zero-order valence-electron chi connectivity index (χ0n) is 13.7. The number of thioether (sulfide) groups is 1. The molecule has 8 heteroatoms. The van der Waals surface area contributed by atoms with Crippen LogP contribution in [0.15, 0.2) is 27.9 Å².